The number of aryl methyl sites for hydroxylation is 1. The Balaban J connectivity index is 1.76. The molecular weight excluding hydrogens is 370 g/mol. The molecule has 7 nitrogen and oxygen atoms in total. The molecule has 0 aliphatic heterocycles. The highest BCUT2D eigenvalue weighted by molar-refractivity contribution is 5.83. The highest BCUT2D eigenvalue weighted by Gasteiger charge is 2.16. The first-order chi connectivity index (χ1) is 14.1. The van der Waals surface area contributed by atoms with Gasteiger partial charge in [-0.3, -0.25) is 5.21 Å². The average molecular weight is 388 g/mol. The van der Waals surface area contributed by atoms with E-state index in [2.05, 4.69) is 10.1 Å². The van der Waals surface area contributed by atoms with Gasteiger partial charge in [-0.1, -0.05) is 47.6 Å². The Labute approximate surface area is 167 Å². The SMILES string of the molecule is COc1ccccc1-c1noc(-c2ccc(-c3ccccc3C)c(N([O-])O)c2)n1. The molecular formula is C22H18N3O4-. The zero-order chi connectivity index (χ0) is 20.4. The van der Waals surface area contributed by atoms with Crippen LogP contribution in [0.5, 0.6) is 5.75 Å². The molecule has 0 bridgehead atoms. The van der Waals surface area contributed by atoms with E-state index < -0.39 is 0 Å². The fourth-order valence-corrected chi connectivity index (χ4v) is 3.21. The highest BCUT2D eigenvalue weighted by Crippen LogP contribution is 2.36. The van der Waals surface area contributed by atoms with Gasteiger partial charge in [0.05, 0.1) is 18.4 Å². The van der Waals surface area contributed by atoms with Crippen LogP contribution in [0, 0.1) is 12.1 Å². The Morgan fingerprint density at radius 3 is 2.41 bits per heavy atom. The van der Waals surface area contributed by atoms with Crippen molar-refractivity contribution in [3.05, 3.63) is 77.5 Å². The number of aromatic nitrogens is 2. The topological polar surface area (TPSA) is 94.7 Å². The number of para-hydroxylation sites is 1. The summed E-state index contributed by atoms with van der Waals surface area (Å²) in [5, 5.41) is 25.4. The second kappa shape index (κ2) is 7.75. The maximum absolute atomic E-state index is 11.8. The van der Waals surface area contributed by atoms with Crippen molar-refractivity contribution in [2.45, 2.75) is 6.92 Å². The van der Waals surface area contributed by atoms with Gasteiger partial charge in [-0.05, 0) is 42.3 Å². The van der Waals surface area contributed by atoms with Crippen molar-refractivity contribution in [2.75, 3.05) is 12.3 Å². The van der Waals surface area contributed by atoms with E-state index in [1.54, 1.807) is 19.2 Å². The molecule has 0 aliphatic carbocycles. The van der Waals surface area contributed by atoms with E-state index >= 15 is 0 Å². The largest absolute Gasteiger partial charge is 0.733 e. The fraction of sp³-hybridized carbons (Fsp3) is 0.0909. The van der Waals surface area contributed by atoms with Gasteiger partial charge in [0, 0.05) is 11.1 Å². The molecule has 0 saturated heterocycles. The van der Waals surface area contributed by atoms with Crippen LogP contribution in [0.1, 0.15) is 5.56 Å². The number of hydrogen-bond acceptors (Lipinski definition) is 7. The van der Waals surface area contributed by atoms with E-state index in [0.717, 1.165) is 11.1 Å². The average Bonchev–Trinajstić information content (AvgIpc) is 3.24. The van der Waals surface area contributed by atoms with Gasteiger partial charge in [-0.15, -0.1) is 0 Å². The first-order valence-electron chi connectivity index (χ1n) is 8.92. The van der Waals surface area contributed by atoms with Crippen LogP contribution in [-0.4, -0.2) is 22.5 Å². The molecule has 0 aliphatic rings. The third-order valence-corrected chi connectivity index (χ3v) is 4.66. The predicted octanol–water partition coefficient (Wildman–Crippen LogP) is 5.08. The maximum Gasteiger partial charge on any atom is 0.258 e. The monoisotopic (exact) mass is 388 g/mol. The molecule has 7 heteroatoms. The van der Waals surface area contributed by atoms with Crippen LogP contribution >= 0.6 is 0 Å². The normalized spacial score (nSPS) is 10.8. The van der Waals surface area contributed by atoms with Gasteiger partial charge in [0.15, 0.2) is 0 Å². The minimum Gasteiger partial charge on any atom is -0.733 e. The second-order valence-corrected chi connectivity index (χ2v) is 6.44. The third-order valence-electron chi connectivity index (χ3n) is 4.66. The summed E-state index contributed by atoms with van der Waals surface area (Å²) in [4.78, 5) is 4.42. The molecule has 0 amide bonds. The molecule has 0 unspecified atom stereocenters. The van der Waals surface area contributed by atoms with Crippen molar-refractivity contribution in [1.82, 2.24) is 10.1 Å². The molecule has 1 heterocycles. The predicted molar refractivity (Wildman–Crippen MR) is 110 cm³/mol. The molecule has 0 radical (unpaired) electrons. The number of ether oxygens (including phenoxy) is 1. The zero-order valence-corrected chi connectivity index (χ0v) is 15.9. The van der Waals surface area contributed by atoms with E-state index in [9.17, 15) is 10.4 Å². The maximum atomic E-state index is 11.8. The van der Waals surface area contributed by atoms with Crippen molar-refractivity contribution in [2.24, 2.45) is 0 Å². The lowest BCUT2D eigenvalue weighted by Crippen LogP contribution is -2.09. The lowest BCUT2D eigenvalue weighted by molar-refractivity contribution is 0.297. The number of benzene rings is 3. The Morgan fingerprint density at radius 2 is 1.69 bits per heavy atom. The summed E-state index contributed by atoms with van der Waals surface area (Å²) in [6, 6.07) is 20.0. The van der Waals surface area contributed by atoms with Gasteiger partial charge in [0.2, 0.25) is 5.82 Å². The quantitative estimate of drug-likeness (QED) is 0.476. The van der Waals surface area contributed by atoms with Gasteiger partial charge in [0.1, 0.15) is 5.75 Å². The van der Waals surface area contributed by atoms with Gasteiger partial charge >= 0.3 is 0 Å². The summed E-state index contributed by atoms with van der Waals surface area (Å²) in [6.45, 7) is 1.94. The summed E-state index contributed by atoms with van der Waals surface area (Å²) in [5.74, 6) is 1.21. The molecule has 1 aromatic heterocycles. The Bertz CT molecular complexity index is 1150. The molecule has 29 heavy (non-hydrogen) atoms. The summed E-state index contributed by atoms with van der Waals surface area (Å²) in [5.41, 5.74) is 3.74. The molecule has 0 spiro atoms. The number of hydrogen-bond donors (Lipinski definition) is 1. The highest BCUT2D eigenvalue weighted by atomic mass is 16.8. The molecule has 3 aromatic carbocycles. The first-order valence-corrected chi connectivity index (χ1v) is 8.92. The van der Waals surface area contributed by atoms with Gasteiger partial charge in [0.25, 0.3) is 5.89 Å². The molecule has 0 atom stereocenters. The van der Waals surface area contributed by atoms with Crippen LogP contribution in [0.3, 0.4) is 0 Å². The zero-order valence-electron chi connectivity index (χ0n) is 15.9. The Morgan fingerprint density at radius 1 is 0.966 bits per heavy atom. The van der Waals surface area contributed by atoms with Crippen molar-refractivity contribution in [3.8, 4) is 39.7 Å². The fourth-order valence-electron chi connectivity index (χ4n) is 3.21. The first kappa shape index (κ1) is 18.7. The minimum atomic E-state index is -0.150. The molecule has 4 rings (SSSR count). The van der Waals surface area contributed by atoms with Crippen LogP contribution < -0.4 is 9.96 Å². The molecule has 0 fully saturated rings. The Hall–Kier alpha value is -3.68. The number of nitrogens with zero attached hydrogens (tertiary/aromatic N) is 3. The molecule has 4 aromatic rings. The van der Waals surface area contributed by atoms with E-state index in [4.69, 9.17) is 9.26 Å². The van der Waals surface area contributed by atoms with Gasteiger partial charge in [-0.25, -0.2) is 0 Å². The molecule has 0 saturated carbocycles. The van der Waals surface area contributed by atoms with Crippen LogP contribution in [-0.2, 0) is 0 Å². The lowest BCUT2D eigenvalue weighted by Gasteiger charge is -2.25. The van der Waals surface area contributed by atoms with Crippen LogP contribution in [0.15, 0.2) is 71.3 Å². The Kier molecular flexibility index (Phi) is 4.99. The smallest absolute Gasteiger partial charge is 0.258 e. The van der Waals surface area contributed by atoms with Crippen LogP contribution in [0.4, 0.5) is 5.69 Å². The standard InChI is InChI=1S/C22H18N3O4/c1-14-7-3-4-8-16(14)17-12-11-15(13-19(17)25(26)27)22-23-21(24-29-22)18-9-5-6-10-20(18)28-2/h3-13,26H,1-2H3/q-1. The summed E-state index contributed by atoms with van der Waals surface area (Å²) >= 11 is 0. The van der Waals surface area contributed by atoms with Gasteiger partial charge < -0.3 is 19.7 Å². The van der Waals surface area contributed by atoms with E-state index in [1.807, 2.05) is 55.5 Å². The van der Waals surface area contributed by atoms with E-state index in [1.165, 1.54) is 6.07 Å². The van der Waals surface area contributed by atoms with Crippen molar-refractivity contribution in [1.29, 1.82) is 0 Å². The summed E-state index contributed by atoms with van der Waals surface area (Å²) < 4.78 is 10.7. The molecule has 146 valence electrons. The number of anilines is 1. The van der Waals surface area contributed by atoms with Crippen LogP contribution in [0.25, 0.3) is 34.0 Å². The number of methoxy groups -OCH3 is 1. The van der Waals surface area contributed by atoms with E-state index in [-0.39, 0.29) is 16.8 Å². The summed E-state index contributed by atoms with van der Waals surface area (Å²) in [6.07, 6.45) is 0. The van der Waals surface area contributed by atoms with E-state index in [0.29, 0.717) is 28.3 Å². The summed E-state index contributed by atoms with van der Waals surface area (Å²) in [7, 11) is 1.57. The lowest BCUT2D eigenvalue weighted by atomic mass is 9.97. The van der Waals surface area contributed by atoms with Crippen molar-refractivity contribution in [3.63, 3.8) is 0 Å². The molecule has 1 N–H and O–H groups in total. The number of rotatable bonds is 5. The third kappa shape index (κ3) is 3.56. The van der Waals surface area contributed by atoms with Crippen molar-refractivity contribution < 1.29 is 14.5 Å². The van der Waals surface area contributed by atoms with Gasteiger partial charge in [-0.2, -0.15) is 4.98 Å². The minimum absolute atomic E-state index is 0.0915. The van der Waals surface area contributed by atoms with Crippen molar-refractivity contribution >= 4 is 5.69 Å². The second-order valence-electron chi connectivity index (χ2n) is 6.44. The van der Waals surface area contributed by atoms with Crippen LogP contribution in [0.2, 0.25) is 0 Å².